The van der Waals surface area contributed by atoms with Crippen molar-refractivity contribution in [2.75, 3.05) is 24.7 Å². The molecular weight excluding hydrogens is 264 g/mol. The van der Waals surface area contributed by atoms with E-state index in [4.69, 9.17) is 10.5 Å². The summed E-state index contributed by atoms with van der Waals surface area (Å²) in [5.41, 5.74) is 5.79. The van der Waals surface area contributed by atoms with E-state index in [1.54, 1.807) is 23.6 Å². The number of ether oxygens (including phenoxy) is 1. The van der Waals surface area contributed by atoms with Crippen molar-refractivity contribution in [1.82, 2.24) is 4.90 Å². The maximum absolute atomic E-state index is 12.4. The third-order valence-electron chi connectivity index (χ3n) is 3.86. The van der Waals surface area contributed by atoms with Crippen molar-refractivity contribution in [2.45, 2.75) is 44.2 Å². The number of hydrogen-bond acceptors (Lipinski definition) is 5. The van der Waals surface area contributed by atoms with E-state index in [2.05, 4.69) is 0 Å². The molecule has 0 spiro atoms. The molecule has 0 aromatic rings. The number of rotatable bonds is 4. The average Bonchev–Trinajstić information content (AvgIpc) is 2.37. The molecule has 2 rings (SSSR count). The van der Waals surface area contributed by atoms with Crippen LogP contribution in [-0.2, 0) is 14.3 Å². The maximum Gasteiger partial charge on any atom is 0.329 e. The second-order valence-electron chi connectivity index (χ2n) is 5.32. The Bertz CT molecular complexity index is 358. The largest absolute Gasteiger partial charge is 0.464 e. The molecular formula is C13H22N2O3S. The highest BCUT2D eigenvalue weighted by Gasteiger charge is 2.39. The first-order valence-electron chi connectivity index (χ1n) is 6.88. The molecule has 1 heterocycles. The highest BCUT2D eigenvalue weighted by molar-refractivity contribution is 7.99. The van der Waals surface area contributed by atoms with Gasteiger partial charge in [-0.15, -0.1) is 0 Å². The van der Waals surface area contributed by atoms with E-state index in [-0.39, 0.29) is 17.4 Å². The van der Waals surface area contributed by atoms with Gasteiger partial charge in [-0.25, -0.2) is 4.79 Å². The second-order valence-corrected chi connectivity index (χ2v) is 6.47. The van der Waals surface area contributed by atoms with Gasteiger partial charge in [-0.2, -0.15) is 11.8 Å². The number of esters is 1. The Balaban J connectivity index is 1.98. The molecule has 6 heteroatoms. The highest BCUT2D eigenvalue weighted by Crippen LogP contribution is 2.33. The molecule has 2 aliphatic rings. The molecule has 2 N–H and O–H groups in total. The SMILES string of the molecule is CCOC(=O)C1CSCCN1C(=O)CC1(N)CCC1. The van der Waals surface area contributed by atoms with Crippen LogP contribution in [0.4, 0.5) is 0 Å². The van der Waals surface area contributed by atoms with Crippen molar-refractivity contribution in [2.24, 2.45) is 5.73 Å². The Labute approximate surface area is 118 Å². The van der Waals surface area contributed by atoms with Crippen LogP contribution >= 0.6 is 11.8 Å². The monoisotopic (exact) mass is 286 g/mol. The van der Waals surface area contributed by atoms with Crippen LogP contribution in [0.2, 0.25) is 0 Å². The minimum Gasteiger partial charge on any atom is -0.464 e. The summed E-state index contributed by atoms with van der Waals surface area (Å²) in [6.07, 6.45) is 3.27. The van der Waals surface area contributed by atoms with E-state index < -0.39 is 6.04 Å². The molecule has 1 saturated carbocycles. The fourth-order valence-electron chi connectivity index (χ4n) is 2.55. The zero-order valence-electron chi connectivity index (χ0n) is 11.4. The van der Waals surface area contributed by atoms with E-state index in [0.29, 0.717) is 25.3 Å². The quantitative estimate of drug-likeness (QED) is 0.773. The lowest BCUT2D eigenvalue weighted by Gasteiger charge is -2.41. The van der Waals surface area contributed by atoms with Gasteiger partial charge in [-0.3, -0.25) is 4.79 Å². The molecule has 1 atom stereocenters. The Hall–Kier alpha value is -0.750. The average molecular weight is 286 g/mol. The molecule has 0 radical (unpaired) electrons. The van der Waals surface area contributed by atoms with Crippen LogP contribution in [0.1, 0.15) is 32.6 Å². The smallest absolute Gasteiger partial charge is 0.329 e. The van der Waals surface area contributed by atoms with Gasteiger partial charge in [0.15, 0.2) is 0 Å². The fraction of sp³-hybridized carbons (Fsp3) is 0.846. The number of thioether (sulfide) groups is 1. The van der Waals surface area contributed by atoms with Crippen LogP contribution in [0.5, 0.6) is 0 Å². The lowest BCUT2D eigenvalue weighted by Crippen LogP contribution is -2.55. The number of nitrogens with two attached hydrogens (primary N) is 1. The number of carbonyl (C=O) groups is 2. The van der Waals surface area contributed by atoms with Crippen molar-refractivity contribution in [3.8, 4) is 0 Å². The second kappa shape index (κ2) is 6.13. The van der Waals surface area contributed by atoms with Crippen LogP contribution in [0.15, 0.2) is 0 Å². The minimum absolute atomic E-state index is 0.000512. The first-order chi connectivity index (χ1) is 9.06. The van der Waals surface area contributed by atoms with E-state index >= 15 is 0 Å². The Morgan fingerprint density at radius 2 is 2.21 bits per heavy atom. The summed E-state index contributed by atoms with van der Waals surface area (Å²) in [6, 6.07) is -0.435. The molecule has 1 aliphatic heterocycles. The number of nitrogens with zero attached hydrogens (tertiary/aromatic N) is 1. The fourth-order valence-corrected chi connectivity index (χ4v) is 3.58. The summed E-state index contributed by atoms with van der Waals surface area (Å²) in [7, 11) is 0. The van der Waals surface area contributed by atoms with Crippen LogP contribution in [0.25, 0.3) is 0 Å². The standard InChI is InChI=1S/C13H22N2O3S/c1-2-18-12(17)10-9-19-7-6-15(10)11(16)8-13(14)4-3-5-13/h10H,2-9,14H2,1H3. The highest BCUT2D eigenvalue weighted by atomic mass is 32.2. The van der Waals surface area contributed by atoms with E-state index in [9.17, 15) is 9.59 Å². The number of amides is 1. The van der Waals surface area contributed by atoms with Crippen molar-refractivity contribution >= 4 is 23.6 Å². The maximum atomic E-state index is 12.4. The van der Waals surface area contributed by atoms with Crippen molar-refractivity contribution in [3.63, 3.8) is 0 Å². The van der Waals surface area contributed by atoms with Crippen molar-refractivity contribution < 1.29 is 14.3 Å². The number of hydrogen-bond donors (Lipinski definition) is 1. The summed E-state index contributed by atoms with van der Waals surface area (Å²) in [5.74, 6) is 1.21. The van der Waals surface area contributed by atoms with Gasteiger partial charge in [0.1, 0.15) is 6.04 Å². The third kappa shape index (κ3) is 3.42. The Morgan fingerprint density at radius 1 is 1.47 bits per heavy atom. The zero-order chi connectivity index (χ0) is 13.9. The Morgan fingerprint density at radius 3 is 2.79 bits per heavy atom. The van der Waals surface area contributed by atoms with Crippen LogP contribution in [0.3, 0.4) is 0 Å². The normalized spacial score (nSPS) is 25.6. The molecule has 0 aromatic heterocycles. The predicted octanol–water partition coefficient (Wildman–Crippen LogP) is 0.765. The Kier molecular flexibility index (Phi) is 4.73. The molecule has 1 aliphatic carbocycles. The van der Waals surface area contributed by atoms with Crippen molar-refractivity contribution in [3.05, 3.63) is 0 Å². The zero-order valence-corrected chi connectivity index (χ0v) is 12.2. The van der Waals surface area contributed by atoms with E-state index in [1.807, 2.05) is 0 Å². The molecule has 0 aromatic carbocycles. The van der Waals surface area contributed by atoms with Crippen LogP contribution < -0.4 is 5.73 Å². The summed E-state index contributed by atoms with van der Waals surface area (Å²) in [6.45, 7) is 2.75. The van der Waals surface area contributed by atoms with Gasteiger partial charge < -0.3 is 15.4 Å². The first-order valence-corrected chi connectivity index (χ1v) is 8.04. The summed E-state index contributed by atoms with van der Waals surface area (Å²) >= 11 is 1.69. The van der Waals surface area contributed by atoms with Gasteiger partial charge in [-0.1, -0.05) is 0 Å². The van der Waals surface area contributed by atoms with Gasteiger partial charge in [0.05, 0.1) is 6.61 Å². The molecule has 5 nitrogen and oxygen atoms in total. The van der Waals surface area contributed by atoms with E-state index in [1.165, 1.54) is 0 Å². The van der Waals surface area contributed by atoms with Crippen molar-refractivity contribution in [1.29, 1.82) is 0 Å². The molecule has 2 fully saturated rings. The molecule has 1 amide bonds. The van der Waals surface area contributed by atoms with Gasteiger partial charge in [-0.05, 0) is 26.2 Å². The van der Waals surface area contributed by atoms with Gasteiger partial charge in [0.25, 0.3) is 0 Å². The molecule has 1 unspecified atom stereocenters. The van der Waals surface area contributed by atoms with Crippen LogP contribution in [-0.4, -0.2) is 53.0 Å². The van der Waals surface area contributed by atoms with Gasteiger partial charge in [0.2, 0.25) is 5.91 Å². The lowest BCUT2D eigenvalue weighted by molar-refractivity contribution is -0.154. The third-order valence-corrected chi connectivity index (χ3v) is 4.88. The van der Waals surface area contributed by atoms with Gasteiger partial charge >= 0.3 is 5.97 Å². The van der Waals surface area contributed by atoms with E-state index in [0.717, 1.165) is 25.0 Å². The summed E-state index contributed by atoms with van der Waals surface area (Å²) < 4.78 is 5.05. The van der Waals surface area contributed by atoms with Crippen LogP contribution in [0, 0.1) is 0 Å². The molecule has 19 heavy (non-hydrogen) atoms. The summed E-state index contributed by atoms with van der Waals surface area (Å²) in [4.78, 5) is 25.9. The van der Waals surface area contributed by atoms with Gasteiger partial charge in [0, 0.05) is 30.0 Å². The lowest BCUT2D eigenvalue weighted by atomic mass is 9.75. The topological polar surface area (TPSA) is 72.6 Å². The summed E-state index contributed by atoms with van der Waals surface area (Å²) in [5, 5.41) is 0. The first kappa shape index (κ1) is 14.7. The molecule has 0 bridgehead atoms. The minimum atomic E-state index is -0.435. The predicted molar refractivity (Wildman–Crippen MR) is 74.8 cm³/mol. The molecule has 108 valence electrons. The number of carbonyl (C=O) groups excluding carboxylic acids is 2. The molecule has 1 saturated heterocycles.